The highest BCUT2D eigenvalue weighted by atomic mass is 19.4. The summed E-state index contributed by atoms with van der Waals surface area (Å²) in [7, 11) is 0. The van der Waals surface area contributed by atoms with Gasteiger partial charge in [0.05, 0.1) is 33.7 Å². The van der Waals surface area contributed by atoms with Crippen molar-refractivity contribution in [2.24, 2.45) is 0 Å². The number of aliphatic hydroxyl groups excluding tert-OH is 1. The van der Waals surface area contributed by atoms with Crippen molar-refractivity contribution in [3.63, 3.8) is 0 Å². The Hall–Kier alpha value is -3.71. The predicted molar refractivity (Wildman–Crippen MR) is 98.0 cm³/mol. The molecule has 0 aliphatic rings. The number of benzene rings is 2. The lowest BCUT2D eigenvalue weighted by Gasteiger charge is -2.15. The van der Waals surface area contributed by atoms with E-state index >= 15 is 0 Å². The molecule has 0 fully saturated rings. The van der Waals surface area contributed by atoms with Crippen LogP contribution in [0.1, 0.15) is 22.8 Å². The Bertz CT molecular complexity index is 1130. The van der Waals surface area contributed by atoms with Gasteiger partial charge in [0, 0.05) is 24.1 Å². The minimum atomic E-state index is -4.52. The van der Waals surface area contributed by atoms with Gasteiger partial charge in [-0.1, -0.05) is 12.1 Å². The van der Waals surface area contributed by atoms with Gasteiger partial charge >= 0.3 is 6.18 Å². The molecule has 2 aromatic carbocycles. The molecular weight excluding hydrogens is 389 g/mol. The van der Waals surface area contributed by atoms with Crippen molar-refractivity contribution >= 4 is 22.4 Å². The van der Waals surface area contributed by atoms with Crippen LogP contribution in [0.25, 0.3) is 10.9 Å². The number of alkyl halides is 3. The van der Waals surface area contributed by atoms with Crippen molar-refractivity contribution in [2.45, 2.75) is 12.3 Å². The zero-order valence-electron chi connectivity index (χ0n) is 14.6. The third kappa shape index (κ3) is 4.41. The van der Waals surface area contributed by atoms with E-state index in [0.29, 0.717) is 10.9 Å². The number of anilines is 1. The van der Waals surface area contributed by atoms with E-state index in [1.807, 2.05) is 6.07 Å². The summed E-state index contributed by atoms with van der Waals surface area (Å²) in [5.74, 6) is 0.203. The number of pyridine rings is 1. The third-order valence-corrected chi connectivity index (χ3v) is 4.20. The lowest BCUT2D eigenvalue weighted by atomic mass is 10.1. The Balaban J connectivity index is 1.83. The number of nitrogens with zero attached hydrogens (tertiary/aromatic N) is 3. The molecule has 1 unspecified atom stereocenters. The average Bonchev–Trinajstić information content (AvgIpc) is 2.70. The molecule has 0 saturated carbocycles. The van der Waals surface area contributed by atoms with Gasteiger partial charge in [0.2, 0.25) is 0 Å². The molecule has 3 aromatic rings. The van der Waals surface area contributed by atoms with Gasteiger partial charge < -0.3 is 10.4 Å². The van der Waals surface area contributed by atoms with E-state index in [1.54, 1.807) is 0 Å². The second kappa shape index (κ2) is 7.73. The second-order valence-corrected chi connectivity index (χ2v) is 6.15. The van der Waals surface area contributed by atoms with Crippen LogP contribution in [0.5, 0.6) is 0 Å². The SMILES string of the molecule is N#Cc1cc(NCC(O)c2cccc(C(F)(F)F)c2)nc2ccc([N+](=O)[O-])cc12. The number of rotatable bonds is 5. The van der Waals surface area contributed by atoms with E-state index in [1.165, 1.54) is 36.4 Å². The highest BCUT2D eigenvalue weighted by molar-refractivity contribution is 5.88. The van der Waals surface area contributed by atoms with Gasteiger partial charge in [-0.05, 0) is 29.8 Å². The number of hydrogen-bond acceptors (Lipinski definition) is 6. The Morgan fingerprint density at radius 1 is 1.24 bits per heavy atom. The molecule has 0 radical (unpaired) electrons. The summed E-state index contributed by atoms with van der Waals surface area (Å²) in [5.41, 5.74) is -0.521. The first-order valence-corrected chi connectivity index (χ1v) is 8.27. The number of nitro groups is 1. The quantitative estimate of drug-likeness (QED) is 0.489. The summed E-state index contributed by atoms with van der Waals surface area (Å²) in [4.78, 5) is 14.5. The van der Waals surface area contributed by atoms with Crippen LogP contribution in [-0.4, -0.2) is 21.6 Å². The number of nitriles is 1. The molecule has 29 heavy (non-hydrogen) atoms. The Kier molecular flexibility index (Phi) is 5.34. The summed E-state index contributed by atoms with van der Waals surface area (Å²) in [6, 6.07) is 11.5. The number of non-ortho nitro benzene ring substituents is 1. The Labute approximate surface area is 162 Å². The summed E-state index contributed by atoms with van der Waals surface area (Å²) in [5, 5.41) is 33.5. The fourth-order valence-electron chi connectivity index (χ4n) is 2.75. The van der Waals surface area contributed by atoms with Crippen LogP contribution in [0.2, 0.25) is 0 Å². The molecule has 0 spiro atoms. The molecule has 0 aliphatic carbocycles. The van der Waals surface area contributed by atoms with Crippen LogP contribution in [0.3, 0.4) is 0 Å². The highest BCUT2D eigenvalue weighted by Gasteiger charge is 2.30. The zero-order valence-corrected chi connectivity index (χ0v) is 14.6. The average molecular weight is 402 g/mol. The van der Waals surface area contributed by atoms with Crippen molar-refractivity contribution < 1.29 is 23.2 Å². The van der Waals surface area contributed by atoms with Crippen LogP contribution in [-0.2, 0) is 6.18 Å². The fourth-order valence-corrected chi connectivity index (χ4v) is 2.75. The first-order valence-electron chi connectivity index (χ1n) is 8.27. The van der Waals surface area contributed by atoms with E-state index in [9.17, 15) is 33.7 Å². The minimum Gasteiger partial charge on any atom is -0.387 e. The van der Waals surface area contributed by atoms with Crippen LogP contribution >= 0.6 is 0 Å². The van der Waals surface area contributed by atoms with Crippen LogP contribution in [0.15, 0.2) is 48.5 Å². The summed E-state index contributed by atoms with van der Waals surface area (Å²) < 4.78 is 38.4. The van der Waals surface area contributed by atoms with Gasteiger partial charge in [0.25, 0.3) is 5.69 Å². The van der Waals surface area contributed by atoms with E-state index in [2.05, 4.69) is 10.3 Å². The van der Waals surface area contributed by atoms with E-state index < -0.39 is 22.8 Å². The van der Waals surface area contributed by atoms with Crippen LogP contribution in [0, 0.1) is 21.4 Å². The summed E-state index contributed by atoms with van der Waals surface area (Å²) in [6.07, 6.45) is -5.77. The molecular formula is C19H13F3N4O3. The molecule has 0 aliphatic heterocycles. The van der Waals surface area contributed by atoms with Gasteiger partial charge in [0.15, 0.2) is 0 Å². The molecule has 0 bridgehead atoms. The van der Waals surface area contributed by atoms with E-state index in [4.69, 9.17) is 0 Å². The molecule has 3 rings (SSSR count). The fraction of sp³-hybridized carbons (Fsp3) is 0.158. The largest absolute Gasteiger partial charge is 0.416 e. The molecule has 0 saturated heterocycles. The van der Waals surface area contributed by atoms with Crippen molar-refractivity contribution in [3.8, 4) is 6.07 Å². The lowest BCUT2D eigenvalue weighted by molar-refractivity contribution is -0.384. The van der Waals surface area contributed by atoms with E-state index in [0.717, 1.165) is 12.1 Å². The molecule has 7 nitrogen and oxygen atoms in total. The first-order chi connectivity index (χ1) is 13.7. The van der Waals surface area contributed by atoms with Crippen molar-refractivity contribution in [1.82, 2.24) is 4.98 Å². The van der Waals surface area contributed by atoms with Crippen LogP contribution in [0.4, 0.5) is 24.7 Å². The van der Waals surface area contributed by atoms with Gasteiger partial charge in [-0.25, -0.2) is 4.98 Å². The number of halogens is 3. The maximum Gasteiger partial charge on any atom is 0.416 e. The highest BCUT2D eigenvalue weighted by Crippen LogP contribution is 2.31. The summed E-state index contributed by atoms with van der Waals surface area (Å²) >= 11 is 0. The van der Waals surface area contributed by atoms with Crippen molar-refractivity contribution in [1.29, 1.82) is 5.26 Å². The number of fused-ring (bicyclic) bond motifs is 1. The molecule has 1 aromatic heterocycles. The van der Waals surface area contributed by atoms with Crippen molar-refractivity contribution in [2.75, 3.05) is 11.9 Å². The third-order valence-electron chi connectivity index (χ3n) is 4.20. The Morgan fingerprint density at radius 3 is 2.66 bits per heavy atom. The standard InChI is InChI=1S/C19H13F3N4O3/c20-19(21,22)13-3-1-2-11(6-13)17(27)10-24-18-7-12(9-23)15-8-14(26(28)29)4-5-16(15)25-18/h1-8,17,27H,10H2,(H,24,25). The van der Waals surface area contributed by atoms with Gasteiger partial charge in [-0.15, -0.1) is 0 Å². The lowest BCUT2D eigenvalue weighted by Crippen LogP contribution is -2.14. The van der Waals surface area contributed by atoms with Crippen molar-refractivity contribution in [3.05, 3.63) is 75.3 Å². The second-order valence-electron chi connectivity index (χ2n) is 6.15. The van der Waals surface area contributed by atoms with Gasteiger partial charge in [-0.3, -0.25) is 10.1 Å². The minimum absolute atomic E-state index is 0.0734. The topological polar surface area (TPSA) is 112 Å². The van der Waals surface area contributed by atoms with Gasteiger partial charge in [0.1, 0.15) is 5.82 Å². The number of hydrogen-bond donors (Lipinski definition) is 2. The molecule has 0 amide bonds. The predicted octanol–water partition coefficient (Wildman–Crippen LogP) is 4.18. The van der Waals surface area contributed by atoms with Crippen LogP contribution < -0.4 is 5.32 Å². The number of nitrogens with one attached hydrogen (secondary N) is 1. The number of aliphatic hydroxyl groups is 1. The maximum absolute atomic E-state index is 12.8. The van der Waals surface area contributed by atoms with Gasteiger partial charge in [-0.2, -0.15) is 18.4 Å². The monoisotopic (exact) mass is 402 g/mol. The smallest absolute Gasteiger partial charge is 0.387 e. The molecule has 1 heterocycles. The summed E-state index contributed by atoms with van der Waals surface area (Å²) in [6.45, 7) is -0.155. The zero-order chi connectivity index (χ0) is 21.2. The Morgan fingerprint density at radius 2 is 2.00 bits per heavy atom. The molecule has 148 valence electrons. The normalized spacial score (nSPS) is 12.4. The molecule has 2 N–H and O–H groups in total. The number of aromatic nitrogens is 1. The molecule has 1 atom stereocenters. The molecule has 10 heteroatoms. The van der Waals surface area contributed by atoms with E-state index in [-0.39, 0.29) is 29.2 Å². The maximum atomic E-state index is 12.8. The first kappa shape index (κ1) is 20.0. The number of nitro benzene ring substituents is 1.